The zero-order valence-electron chi connectivity index (χ0n) is 17.9. The van der Waals surface area contributed by atoms with Crippen LogP contribution in [0.1, 0.15) is 42.5 Å². The lowest BCUT2D eigenvalue weighted by molar-refractivity contribution is 0.317. The lowest BCUT2D eigenvalue weighted by atomic mass is 9.85. The summed E-state index contributed by atoms with van der Waals surface area (Å²) in [5.41, 5.74) is 5.20. The summed E-state index contributed by atoms with van der Waals surface area (Å²) < 4.78 is 5.39. The fourth-order valence-electron chi connectivity index (χ4n) is 3.33. The number of oxazole rings is 1. The van der Waals surface area contributed by atoms with Crippen LogP contribution in [0.25, 0.3) is 11.5 Å². The number of hydrogen-bond donors (Lipinski definition) is 1. The lowest BCUT2D eigenvalue weighted by Crippen LogP contribution is -2.11. The second kappa shape index (κ2) is 10.9. The number of hydrogen-bond acceptors (Lipinski definition) is 5. The van der Waals surface area contributed by atoms with Crippen LogP contribution >= 0.6 is 0 Å². The van der Waals surface area contributed by atoms with Crippen LogP contribution in [-0.4, -0.2) is 20.9 Å². The van der Waals surface area contributed by atoms with Gasteiger partial charge in [-0.15, -0.1) is 0 Å². The van der Waals surface area contributed by atoms with Crippen molar-refractivity contribution in [2.24, 2.45) is 5.16 Å². The first kappa shape index (κ1) is 22.0. The molecule has 0 radical (unpaired) electrons. The normalized spacial score (nSPS) is 13.2. The SMILES string of the molecule is C=C(/C=C\C=C/CC)[C@H](C/C(=N\O)c1ccnc(C)c1)c1ccc(-c2ncco2)cc1. The molecule has 2 aromatic heterocycles. The zero-order valence-corrected chi connectivity index (χ0v) is 17.9. The van der Waals surface area contributed by atoms with Crippen LogP contribution in [0.3, 0.4) is 0 Å². The largest absolute Gasteiger partial charge is 0.445 e. The van der Waals surface area contributed by atoms with E-state index in [1.807, 2.05) is 61.5 Å². The minimum absolute atomic E-state index is 0.0655. The molecule has 0 fully saturated rings. The van der Waals surface area contributed by atoms with Crippen molar-refractivity contribution in [3.05, 3.63) is 108 Å². The van der Waals surface area contributed by atoms with Gasteiger partial charge in [-0.3, -0.25) is 4.98 Å². The van der Waals surface area contributed by atoms with E-state index in [4.69, 9.17) is 4.42 Å². The van der Waals surface area contributed by atoms with Crippen LogP contribution in [0.15, 0.2) is 101 Å². The number of pyridine rings is 1. The molecule has 0 amide bonds. The third-order valence-electron chi connectivity index (χ3n) is 4.98. The van der Waals surface area contributed by atoms with Crippen molar-refractivity contribution in [2.75, 3.05) is 0 Å². The number of nitrogens with zero attached hydrogens (tertiary/aromatic N) is 3. The highest BCUT2D eigenvalue weighted by Crippen LogP contribution is 2.31. The van der Waals surface area contributed by atoms with Crippen molar-refractivity contribution in [1.29, 1.82) is 0 Å². The summed E-state index contributed by atoms with van der Waals surface area (Å²) in [6, 6.07) is 11.8. The number of aryl methyl sites for hydroxylation is 1. The average Bonchev–Trinajstić information content (AvgIpc) is 3.33. The second-order valence-corrected chi connectivity index (χ2v) is 7.22. The molecule has 0 spiro atoms. The van der Waals surface area contributed by atoms with E-state index in [-0.39, 0.29) is 5.92 Å². The van der Waals surface area contributed by atoms with E-state index in [0.29, 0.717) is 18.0 Å². The van der Waals surface area contributed by atoms with Crippen molar-refractivity contribution < 1.29 is 9.62 Å². The highest BCUT2D eigenvalue weighted by molar-refractivity contribution is 6.01. The first-order valence-corrected chi connectivity index (χ1v) is 10.3. The molecule has 0 aliphatic carbocycles. The molecule has 31 heavy (non-hydrogen) atoms. The highest BCUT2D eigenvalue weighted by Gasteiger charge is 2.19. The molecule has 1 N–H and O–H groups in total. The van der Waals surface area contributed by atoms with E-state index >= 15 is 0 Å². The molecule has 0 bridgehead atoms. The third kappa shape index (κ3) is 5.89. The topological polar surface area (TPSA) is 71.5 Å². The molecule has 5 nitrogen and oxygen atoms in total. The number of rotatable bonds is 9. The Hall–Kier alpha value is -3.73. The molecule has 0 saturated carbocycles. The first-order valence-electron chi connectivity index (χ1n) is 10.3. The smallest absolute Gasteiger partial charge is 0.225 e. The van der Waals surface area contributed by atoms with Crippen molar-refractivity contribution >= 4 is 5.71 Å². The molecule has 0 unspecified atom stereocenters. The van der Waals surface area contributed by atoms with E-state index in [1.165, 1.54) is 0 Å². The predicted molar refractivity (Wildman–Crippen MR) is 124 cm³/mol. The van der Waals surface area contributed by atoms with Gasteiger partial charge in [0.1, 0.15) is 6.26 Å². The molecule has 2 heterocycles. The summed E-state index contributed by atoms with van der Waals surface area (Å²) >= 11 is 0. The van der Waals surface area contributed by atoms with E-state index in [0.717, 1.165) is 34.4 Å². The molecule has 0 aliphatic rings. The van der Waals surface area contributed by atoms with E-state index in [1.54, 1.807) is 18.7 Å². The van der Waals surface area contributed by atoms with Crippen LogP contribution in [0.5, 0.6) is 0 Å². The maximum Gasteiger partial charge on any atom is 0.225 e. The van der Waals surface area contributed by atoms with Gasteiger partial charge in [-0.1, -0.05) is 55.1 Å². The fraction of sp³-hybridized carbons (Fsp3) is 0.192. The number of aromatic nitrogens is 2. The molecule has 3 rings (SSSR count). The standard InChI is InChI=1S/C26H27N3O2/c1-4-5-6-7-8-19(2)24(18-25(29-30)23-13-14-27-20(3)17-23)21-9-11-22(12-10-21)26-28-15-16-31-26/h5-17,24,30H,2,4,18H2,1,3H3/b6-5-,8-7-,29-25+/t24-/m0/s1. The van der Waals surface area contributed by atoms with Gasteiger partial charge in [0.25, 0.3) is 0 Å². The van der Waals surface area contributed by atoms with Crippen LogP contribution in [0, 0.1) is 6.92 Å². The first-order chi connectivity index (χ1) is 15.1. The molecule has 0 aliphatic heterocycles. The van der Waals surface area contributed by atoms with Gasteiger partial charge in [-0.05, 0) is 48.7 Å². The number of allylic oxidation sites excluding steroid dienone is 5. The summed E-state index contributed by atoms with van der Waals surface area (Å²) in [4.78, 5) is 8.44. The Morgan fingerprint density at radius 3 is 2.61 bits per heavy atom. The monoisotopic (exact) mass is 413 g/mol. The molecule has 0 saturated heterocycles. The quantitative estimate of drug-likeness (QED) is 0.189. The Balaban J connectivity index is 1.91. The van der Waals surface area contributed by atoms with Gasteiger partial charge in [0.2, 0.25) is 5.89 Å². The Morgan fingerprint density at radius 2 is 1.97 bits per heavy atom. The Bertz CT molecular complexity index is 1080. The van der Waals surface area contributed by atoms with Crippen molar-refractivity contribution in [3.63, 3.8) is 0 Å². The van der Waals surface area contributed by atoms with Crippen LogP contribution in [-0.2, 0) is 0 Å². The molecule has 158 valence electrons. The number of oxime groups is 1. The van der Waals surface area contributed by atoms with Gasteiger partial charge in [0.05, 0.1) is 11.9 Å². The van der Waals surface area contributed by atoms with Crippen molar-refractivity contribution in [3.8, 4) is 11.5 Å². The van der Waals surface area contributed by atoms with Crippen LogP contribution in [0.2, 0.25) is 0 Å². The average molecular weight is 414 g/mol. The van der Waals surface area contributed by atoms with Crippen molar-refractivity contribution in [1.82, 2.24) is 9.97 Å². The second-order valence-electron chi connectivity index (χ2n) is 7.22. The minimum Gasteiger partial charge on any atom is -0.445 e. The number of benzene rings is 1. The fourth-order valence-corrected chi connectivity index (χ4v) is 3.33. The van der Waals surface area contributed by atoms with E-state index in [2.05, 4.69) is 34.7 Å². The summed E-state index contributed by atoms with van der Waals surface area (Å²) in [5.74, 6) is 0.514. The lowest BCUT2D eigenvalue weighted by Gasteiger charge is -2.19. The Kier molecular flexibility index (Phi) is 7.71. The Morgan fingerprint density at radius 1 is 1.16 bits per heavy atom. The molecule has 3 aromatic rings. The molecule has 5 heteroatoms. The summed E-state index contributed by atoms with van der Waals surface area (Å²) in [6.45, 7) is 8.31. The summed E-state index contributed by atoms with van der Waals surface area (Å²) in [7, 11) is 0. The summed E-state index contributed by atoms with van der Waals surface area (Å²) in [5, 5.41) is 13.4. The van der Waals surface area contributed by atoms with Gasteiger partial charge in [0, 0.05) is 35.4 Å². The van der Waals surface area contributed by atoms with Gasteiger partial charge in [0.15, 0.2) is 0 Å². The summed E-state index contributed by atoms with van der Waals surface area (Å²) in [6.07, 6.45) is 14.5. The molecular weight excluding hydrogens is 386 g/mol. The van der Waals surface area contributed by atoms with Gasteiger partial charge < -0.3 is 9.62 Å². The van der Waals surface area contributed by atoms with E-state index in [9.17, 15) is 5.21 Å². The Labute approximate surface area is 183 Å². The van der Waals surface area contributed by atoms with Gasteiger partial charge in [-0.2, -0.15) is 0 Å². The molecule has 1 atom stereocenters. The highest BCUT2D eigenvalue weighted by atomic mass is 16.4. The maximum atomic E-state index is 9.75. The predicted octanol–water partition coefficient (Wildman–Crippen LogP) is 6.48. The zero-order chi connectivity index (χ0) is 22.1. The molecule has 1 aromatic carbocycles. The minimum atomic E-state index is -0.0655. The van der Waals surface area contributed by atoms with Gasteiger partial charge >= 0.3 is 0 Å². The van der Waals surface area contributed by atoms with E-state index < -0.39 is 0 Å². The van der Waals surface area contributed by atoms with Gasteiger partial charge in [-0.25, -0.2) is 4.98 Å². The van der Waals surface area contributed by atoms with Crippen LogP contribution < -0.4 is 0 Å². The van der Waals surface area contributed by atoms with Crippen LogP contribution in [0.4, 0.5) is 0 Å². The van der Waals surface area contributed by atoms with Crippen molar-refractivity contribution in [2.45, 2.75) is 32.6 Å². The maximum absolute atomic E-state index is 9.75. The third-order valence-corrected chi connectivity index (χ3v) is 4.98. The molecular formula is C26H27N3O2.